The average molecular weight is 1290 g/mol. The molecule has 0 saturated carbocycles. The molecule has 7 rings (SSSR count). The monoisotopic (exact) mass is 1290 g/mol. The number of rotatable bonds is 29. The van der Waals surface area contributed by atoms with Crippen LogP contribution in [0.1, 0.15) is 51.7 Å². The molecule has 0 spiro atoms. The zero-order chi connectivity index (χ0) is 65.4. The van der Waals surface area contributed by atoms with E-state index in [4.69, 9.17) is 44.6 Å². The van der Waals surface area contributed by atoms with E-state index in [0.29, 0.717) is 43.9 Å². The summed E-state index contributed by atoms with van der Waals surface area (Å²) in [6.45, 7) is 8.44. The molecule has 2 saturated heterocycles. The molecule has 30 heteroatoms. The molecule has 7 N–H and O–H groups in total. The highest BCUT2D eigenvalue weighted by molar-refractivity contribution is 7.89. The molecule has 0 aromatic heterocycles. The number of nitrogens with one attached hydrogen (secondary N) is 3. The van der Waals surface area contributed by atoms with Gasteiger partial charge in [0.25, 0.3) is 11.4 Å². The third kappa shape index (κ3) is 22.5. The third-order valence-corrected chi connectivity index (χ3v) is 17.4. The minimum absolute atomic E-state index is 0.0481. The molecule has 3 amide bonds. The van der Waals surface area contributed by atoms with Crippen LogP contribution in [-0.4, -0.2) is 162 Å². The molecule has 0 radical (unpaired) electrons. The summed E-state index contributed by atoms with van der Waals surface area (Å²) >= 11 is 0. The van der Waals surface area contributed by atoms with Gasteiger partial charge in [0.2, 0.25) is 20.0 Å². The number of ether oxygens (including phenoxy) is 7. The number of alkyl carbamates (subject to hydrolysis) is 3. The molecule has 0 aliphatic carbocycles. The van der Waals surface area contributed by atoms with Gasteiger partial charge in [0, 0.05) is 69.0 Å². The van der Waals surface area contributed by atoms with Crippen molar-refractivity contribution < 1.29 is 79.0 Å². The Labute approximate surface area is 522 Å². The number of amides is 3. The number of carbonyl (C=O) groups is 4. The number of nitrogens with zero attached hydrogens (tertiary/aromatic N) is 4. The first-order valence-electron chi connectivity index (χ1n) is 29.0. The van der Waals surface area contributed by atoms with E-state index in [1.165, 1.54) is 40.7 Å². The van der Waals surface area contributed by atoms with Gasteiger partial charge in [0.1, 0.15) is 30.2 Å². The molecule has 2 heterocycles. The minimum Gasteiger partial charge on any atom is -0.444 e. The zero-order valence-corrected chi connectivity index (χ0v) is 51.9. The van der Waals surface area contributed by atoms with Crippen molar-refractivity contribution in [3.63, 3.8) is 0 Å². The topological polar surface area (TPSA) is 382 Å². The van der Waals surface area contributed by atoms with Crippen molar-refractivity contribution in [2.75, 3.05) is 71.4 Å². The summed E-state index contributed by atoms with van der Waals surface area (Å²) in [7, 11) is -8.37. The normalized spacial score (nSPS) is 16.2. The van der Waals surface area contributed by atoms with Crippen molar-refractivity contribution >= 4 is 61.5 Å². The SMILES string of the molecule is CC(C)CN(C[C@@H](OC(=O)NCCN)[C@H](Cc1ccccc1)NC(=O)O[C@H]1CCOC1)S(=O)(=O)c1ccc(N)cc1.CC(C)CN(C[C@@H](OC(=O)Oc1ccc([N+](=O)[O-])cc1)[C@H](Cc1ccccc1)NC(=O)O[C@H]1CCOC1)S(=O)(=O)c1ccc([N+](=O)[O-])cc1. The second-order valence-corrected chi connectivity index (χ2v) is 25.7. The van der Waals surface area contributed by atoms with Gasteiger partial charge in [-0.1, -0.05) is 88.4 Å². The molecule has 5 aromatic rings. The first-order chi connectivity index (χ1) is 42.9. The van der Waals surface area contributed by atoms with E-state index in [0.717, 1.165) is 46.3 Å². The fraction of sp³-hybridized carbons (Fsp3) is 0.433. The number of non-ortho nitro benzene ring substituents is 2. The summed E-state index contributed by atoms with van der Waals surface area (Å²) in [4.78, 5) is 72.9. The number of hydrogen-bond acceptors (Lipinski definition) is 21. The summed E-state index contributed by atoms with van der Waals surface area (Å²) in [6.07, 6.45) is -5.64. The molecule has 6 atom stereocenters. The van der Waals surface area contributed by atoms with Crippen LogP contribution in [-0.2, 0) is 61.3 Å². The smallest absolute Gasteiger partial charge is 0.444 e. The van der Waals surface area contributed by atoms with E-state index in [2.05, 4.69) is 16.0 Å². The lowest BCUT2D eigenvalue weighted by molar-refractivity contribution is -0.385. The van der Waals surface area contributed by atoms with Gasteiger partial charge in [0.15, 0.2) is 0 Å². The second kappa shape index (κ2) is 34.5. The van der Waals surface area contributed by atoms with Gasteiger partial charge >= 0.3 is 24.4 Å². The largest absolute Gasteiger partial charge is 0.514 e. The van der Waals surface area contributed by atoms with Crippen LogP contribution in [0.4, 0.5) is 36.2 Å². The number of nitrogens with two attached hydrogens (primary N) is 2. The Morgan fingerprint density at radius 2 is 1.00 bits per heavy atom. The predicted molar refractivity (Wildman–Crippen MR) is 328 cm³/mol. The minimum atomic E-state index is -4.34. The lowest BCUT2D eigenvalue weighted by Crippen LogP contribution is -2.54. The van der Waals surface area contributed by atoms with Gasteiger partial charge in [-0.25, -0.2) is 36.0 Å². The molecule has 2 fully saturated rings. The number of nitrogen functional groups attached to an aromatic ring is 1. The maximum absolute atomic E-state index is 14.0. The van der Waals surface area contributed by atoms with Crippen LogP contribution in [0.15, 0.2) is 143 Å². The summed E-state index contributed by atoms with van der Waals surface area (Å²) in [5.74, 6) is -0.369. The van der Waals surface area contributed by atoms with E-state index >= 15 is 0 Å². The van der Waals surface area contributed by atoms with Gasteiger partial charge in [-0.15, -0.1) is 0 Å². The van der Waals surface area contributed by atoms with Crippen molar-refractivity contribution in [3.05, 3.63) is 165 Å². The molecule has 2 aliphatic heterocycles. The van der Waals surface area contributed by atoms with Gasteiger partial charge in [-0.05, 0) is 84.3 Å². The van der Waals surface area contributed by atoms with E-state index < -0.39 is 97.4 Å². The van der Waals surface area contributed by atoms with Gasteiger partial charge in [-0.3, -0.25) is 20.2 Å². The summed E-state index contributed by atoms with van der Waals surface area (Å²) in [5.41, 5.74) is 12.7. The zero-order valence-electron chi connectivity index (χ0n) is 50.2. The van der Waals surface area contributed by atoms with Crippen molar-refractivity contribution in [1.29, 1.82) is 0 Å². The standard InChI is InChI=1S/C32H36N4O12S.C28H41N5O7S/c1-22(2)19-34(49(43,44)28-14-10-25(11-15-28)36(41)42)20-30(48-32(38)47-26-12-8-24(9-13-26)35(39)40)29(18-23-6-4-3-5-7-23)33-31(37)46-27-16-17-45-21-27;1-20(2)17-33(41(36,37)24-10-8-22(30)9-11-24)18-26(40-27(34)31-14-13-29)25(16-21-6-4-3-5-7-21)32-28(35)39-23-12-15-38-19-23/h3-15,22,27,29-30H,16-21H2,1-2H3,(H,33,37);3-11,20,23,25-26H,12-19,29-30H2,1-2H3,(H,31,34)(H,32,35)/t27-,29-,30+;23-,25-,26+/m00/s1. The first-order valence-corrected chi connectivity index (χ1v) is 31.8. The van der Waals surface area contributed by atoms with Gasteiger partial charge in [-0.2, -0.15) is 8.61 Å². The van der Waals surface area contributed by atoms with Crippen molar-refractivity contribution in [2.24, 2.45) is 17.6 Å². The van der Waals surface area contributed by atoms with Gasteiger partial charge in [0.05, 0.1) is 71.2 Å². The number of hydrogen-bond donors (Lipinski definition) is 5. The number of anilines is 1. The molecule has 28 nitrogen and oxygen atoms in total. The fourth-order valence-corrected chi connectivity index (χ4v) is 12.6. The number of benzene rings is 5. The van der Waals surface area contributed by atoms with E-state index in [1.807, 2.05) is 44.2 Å². The summed E-state index contributed by atoms with van der Waals surface area (Å²) in [6, 6.07) is 31.1. The molecule has 488 valence electrons. The van der Waals surface area contributed by atoms with Crippen LogP contribution >= 0.6 is 0 Å². The Kier molecular flexibility index (Phi) is 27.0. The number of carbonyl (C=O) groups excluding carboxylic acids is 4. The lowest BCUT2D eigenvalue weighted by Gasteiger charge is -2.33. The fourth-order valence-electron chi connectivity index (χ4n) is 9.33. The van der Waals surface area contributed by atoms with Crippen LogP contribution in [0.25, 0.3) is 0 Å². The lowest BCUT2D eigenvalue weighted by atomic mass is 10.0. The van der Waals surface area contributed by atoms with Crippen molar-refractivity contribution in [1.82, 2.24) is 24.6 Å². The quantitative estimate of drug-likeness (QED) is 0.00806. The maximum atomic E-state index is 14.0. The Morgan fingerprint density at radius 1 is 0.589 bits per heavy atom. The summed E-state index contributed by atoms with van der Waals surface area (Å²) < 4.78 is 96.3. The van der Waals surface area contributed by atoms with Crippen molar-refractivity contribution in [2.45, 2.75) is 99.7 Å². The Bertz CT molecular complexity index is 3340. The molecule has 5 aromatic carbocycles. The van der Waals surface area contributed by atoms with Crippen LogP contribution in [0.2, 0.25) is 0 Å². The molecule has 0 unspecified atom stereocenters. The molecular formula is C60H77N9O19S2. The molecule has 90 heavy (non-hydrogen) atoms. The highest BCUT2D eigenvalue weighted by Gasteiger charge is 2.38. The van der Waals surface area contributed by atoms with Crippen LogP contribution < -0.4 is 32.2 Å². The highest BCUT2D eigenvalue weighted by atomic mass is 32.2. The molecule has 0 bridgehead atoms. The Hall–Kier alpha value is -8.52. The highest BCUT2D eigenvalue weighted by Crippen LogP contribution is 2.26. The third-order valence-electron chi connectivity index (χ3n) is 13.7. The Morgan fingerprint density at radius 3 is 1.39 bits per heavy atom. The molecule has 2 aliphatic rings. The number of sulfonamides is 2. The second-order valence-electron chi connectivity index (χ2n) is 21.8. The number of nitro groups is 2. The summed E-state index contributed by atoms with van der Waals surface area (Å²) in [5, 5.41) is 30.4. The van der Waals surface area contributed by atoms with E-state index in [1.54, 1.807) is 44.2 Å². The number of nitro benzene ring substituents is 2. The Balaban J connectivity index is 0.000000291. The predicted octanol–water partition coefficient (Wildman–Crippen LogP) is 6.96. The van der Waals surface area contributed by atoms with Crippen LogP contribution in [0.5, 0.6) is 5.75 Å². The maximum Gasteiger partial charge on any atom is 0.514 e. The van der Waals surface area contributed by atoms with Crippen molar-refractivity contribution in [3.8, 4) is 5.75 Å². The first kappa shape index (κ1) is 70.6. The average Bonchev–Trinajstić information content (AvgIpc) is 1.11. The molecular weight excluding hydrogens is 1210 g/mol. The van der Waals surface area contributed by atoms with Crippen LogP contribution in [0.3, 0.4) is 0 Å². The van der Waals surface area contributed by atoms with Gasteiger partial charge < -0.3 is 60.6 Å². The van der Waals surface area contributed by atoms with Crippen LogP contribution in [0, 0.1) is 32.1 Å². The van der Waals surface area contributed by atoms with E-state index in [-0.39, 0.29) is 90.9 Å². The van der Waals surface area contributed by atoms with E-state index in [9.17, 15) is 56.2 Å².